The largest absolute Gasteiger partial charge is 0.469 e. The average Bonchev–Trinajstić information content (AvgIpc) is 2.93. The van der Waals surface area contributed by atoms with Crippen molar-refractivity contribution < 1.29 is 28.7 Å². The van der Waals surface area contributed by atoms with E-state index in [2.05, 4.69) is 0 Å². The maximum Gasteiger partial charge on any atom is 0.305 e. The fourth-order valence-corrected chi connectivity index (χ4v) is 6.28. The van der Waals surface area contributed by atoms with Crippen molar-refractivity contribution in [3.8, 4) is 0 Å². The molecular formula is C22H32O6. The molecule has 0 unspecified atom stereocenters. The maximum absolute atomic E-state index is 13.2. The van der Waals surface area contributed by atoms with E-state index in [9.17, 15) is 19.2 Å². The lowest BCUT2D eigenvalue weighted by molar-refractivity contribution is -0.159. The van der Waals surface area contributed by atoms with Crippen LogP contribution in [0.25, 0.3) is 0 Å². The number of ether oxygens (including phenoxy) is 2. The number of hydrogen-bond donors (Lipinski definition) is 0. The van der Waals surface area contributed by atoms with Gasteiger partial charge in [0.25, 0.3) is 0 Å². The van der Waals surface area contributed by atoms with Crippen molar-refractivity contribution in [3.05, 3.63) is 0 Å². The van der Waals surface area contributed by atoms with Gasteiger partial charge >= 0.3 is 11.9 Å². The summed E-state index contributed by atoms with van der Waals surface area (Å²) in [4.78, 5) is 49.2. The molecule has 0 amide bonds. The van der Waals surface area contributed by atoms with Crippen LogP contribution in [-0.4, -0.2) is 36.7 Å². The van der Waals surface area contributed by atoms with Gasteiger partial charge in [-0.1, -0.05) is 13.8 Å². The molecule has 156 valence electrons. The SMILES string of the molecule is COC(=O)C[C@@H]1[C@@H]([C@@]2(C)CC[C@H](OC(C)=O)CC2=O)CC[C@]2(C)C(=O)CC[C@@H]12. The second-order valence-electron chi connectivity index (χ2n) is 9.39. The van der Waals surface area contributed by atoms with Crippen LogP contribution >= 0.6 is 0 Å². The molecule has 0 N–H and O–H groups in total. The van der Waals surface area contributed by atoms with Crippen molar-refractivity contribution >= 4 is 23.5 Å². The Hall–Kier alpha value is -1.72. The van der Waals surface area contributed by atoms with Gasteiger partial charge in [0.15, 0.2) is 0 Å². The van der Waals surface area contributed by atoms with Gasteiger partial charge in [0.1, 0.15) is 17.7 Å². The van der Waals surface area contributed by atoms with E-state index in [1.54, 1.807) is 0 Å². The highest BCUT2D eigenvalue weighted by atomic mass is 16.5. The Bertz CT molecular complexity index is 685. The first kappa shape index (κ1) is 21.0. The summed E-state index contributed by atoms with van der Waals surface area (Å²) in [7, 11) is 1.39. The zero-order valence-corrected chi connectivity index (χ0v) is 17.4. The predicted molar refractivity (Wildman–Crippen MR) is 101 cm³/mol. The number of rotatable bonds is 4. The molecule has 6 heteroatoms. The van der Waals surface area contributed by atoms with E-state index < -0.39 is 5.41 Å². The molecule has 0 bridgehead atoms. The van der Waals surface area contributed by atoms with Gasteiger partial charge in [-0.3, -0.25) is 19.2 Å². The quantitative estimate of drug-likeness (QED) is 0.683. The molecule has 3 fully saturated rings. The van der Waals surface area contributed by atoms with Crippen LogP contribution in [0.4, 0.5) is 0 Å². The number of fused-ring (bicyclic) bond motifs is 1. The van der Waals surface area contributed by atoms with Crippen LogP contribution in [0.3, 0.4) is 0 Å². The predicted octanol–water partition coefficient (Wildman–Crippen LogP) is 3.25. The van der Waals surface area contributed by atoms with Gasteiger partial charge in [0.05, 0.1) is 7.11 Å². The van der Waals surface area contributed by atoms with Crippen LogP contribution in [0, 0.1) is 28.6 Å². The lowest BCUT2D eigenvalue weighted by Gasteiger charge is -2.52. The average molecular weight is 392 g/mol. The fraction of sp³-hybridized carbons (Fsp3) is 0.818. The van der Waals surface area contributed by atoms with Crippen LogP contribution in [-0.2, 0) is 28.7 Å². The second kappa shape index (κ2) is 7.60. The van der Waals surface area contributed by atoms with E-state index in [1.165, 1.54) is 14.0 Å². The molecule has 3 aliphatic carbocycles. The fourth-order valence-electron chi connectivity index (χ4n) is 6.28. The Kier molecular flexibility index (Phi) is 5.70. The summed E-state index contributed by atoms with van der Waals surface area (Å²) in [5.41, 5.74) is -0.939. The lowest BCUT2D eigenvalue weighted by atomic mass is 9.51. The molecule has 0 radical (unpaired) electrons. The van der Waals surface area contributed by atoms with Gasteiger partial charge in [0.2, 0.25) is 0 Å². The zero-order chi connectivity index (χ0) is 20.7. The van der Waals surface area contributed by atoms with Crippen LogP contribution in [0.2, 0.25) is 0 Å². The Balaban J connectivity index is 1.86. The van der Waals surface area contributed by atoms with E-state index in [1.807, 2.05) is 13.8 Å². The van der Waals surface area contributed by atoms with Crippen LogP contribution in [0.15, 0.2) is 0 Å². The molecule has 28 heavy (non-hydrogen) atoms. The van der Waals surface area contributed by atoms with E-state index in [0.717, 1.165) is 19.3 Å². The van der Waals surface area contributed by atoms with Crippen molar-refractivity contribution in [3.63, 3.8) is 0 Å². The Labute approximate surface area is 166 Å². The van der Waals surface area contributed by atoms with Crippen molar-refractivity contribution in [2.75, 3.05) is 7.11 Å². The van der Waals surface area contributed by atoms with Gasteiger partial charge in [-0.15, -0.1) is 0 Å². The molecule has 3 aliphatic rings. The standard InChI is InChI=1S/C22H32O6/c1-13(23)28-14-7-9-22(3,19(25)11-14)17-8-10-21(2)16(5-6-18(21)24)15(17)12-20(26)27-4/h14-17H,5-12H2,1-4H3/t14-,15-,16-,17-,21-,22+/m0/s1. The first-order valence-electron chi connectivity index (χ1n) is 10.4. The van der Waals surface area contributed by atoms with E-state index >= 15 is 0 Å². The van der Waals surface area contributed by atoms with Gasteiger partial charge in [0, 0.05) is 37.0 Å². The van der Waals surface area contributed by atoms with Crippen molar-refractivity contribution in [2.24, 2.45) is 28.6 Å². The van der Waals surface area contributed by atoms with Crippen molar-refractivity contribution in [1.82, 2.24) is 0 Å². The molecule has 0 spiro atoms. The van der Waals surface area contributed by atoms with Crippen LogP contribution in [0.5, 0.6) is 0 Å². The molecule has 0 heterocycles. The first-order valence-corrected chi connectivity index (χ1v) is 10.4. The summed E-state index contributed by atoms with van der Waals surface area (Å²) in [6.07, 6.45) is 4.32. The van der Waals surface area contributed by atoms with E-state index in [0.29, 0.717) is 25.0 Å². The normalized spacial score (nSPS) is 40.7. The lowest BCUT2D eigenvalue weighted by Crippen LogP contribution is -2.52. The van der Waals surface area contributed by atoms with E-state index in [4.69, 9.17) is 9.47 Å². The van der Waals surface area contributed by atoms with Gasteiger partial charge in [-0.05, 0) is 49.9 Å². The Morgan fingerprint density at radius 1 is 1.00 bits per heavy atom. The number of ketones is 2. The second-order valence-corrected chi connectivity index (χ2v) is 9.39. The molecule has 0 saturated heterocycles. The molecular weight excluding hydrogens is 360 g/mol. The molecule has 0 aliphatic heterocycles. The number of carbonyl (C=O) groups is 4. The summed E-state index contributed by atoms with van der Waals surface area (Å²) in [6, 6.07) is 0. The highest BCUT2D eigenvalue weighted by Crippen LogP contribution is 2.60. The number of hydrogen-bond acceptors (Lipinski definition) is 6. The molecule has 6 atom stereocenters. The highest BCUT2D eigenvalue weighted by molar-refractivity contribution is 5.88. The molecule has 0 aromatic heterocycles. The minimum atomic E-state index is -0.553. The summed E-state index contributed by atoms with van der Waals surface area (Å²) in [6.45, 7) is 5.41. The van der Waals surface area contributed by atoms with Gasteiger partial charge in [-0.2, -0.15) is 0 Å². The van der Waals surface area contributed by atoms with Gasteiger partial charge in [-0.25, -0.2) is 0 Å². The number of methoxy groups -OCH3 is 1. The third-order valence-electron chi connectivity index (χ3n) is 7.96. The maximum atomic E-state index is 13.2. The van der Waals surface area contributed by atoms with Crippen molar-refractivity contribution in [1.29, 1.82) is 0 Å². The summed E-state index contributed by atoms with van der Waals surface area (Å²) in [5.74, 6) is -0.100. The minimum absolute atomic E-state index is 0.0307. The molecule has 3 rings (SSSR count). The highest BCUT2D eigenvalue weighted by Gasteiger charge is 2.59. The topological polar surface area (TPSA) is 86.7 Å². The summed E-state index contributed by atoms with van der Waals surface area (Å²) in [5, 5.41) is 0. The monoisotopic (exact) mass is 392 g/mol. The smallest absolute Gasteiger partial charge is 0.305 e. The van der Waals surface area contributed by atoms with Crippen molar-refractivity contribution in [2.45, 2.75) is 78.2 Å². The molecule has 0 aromatic carbocycles. The third-order valence-corrected chi connectivity index (χ3v) is 7.96. The summed E-state index contributed by atoms with van der Waals surface area (Å²) >= 11 is 0. The Morgan fingerprint density at radius 3 is 2.21 bits per heavy atom. The number of esters is 2. The third kappa shape index (κ3) is 3.50. The zero-order valence-electron chi connectivity index (χ0n) is 17.4. The van der Waals surface area contributed by atoms with Gasteiger partial charge < -0.3 is 9.47 Å². The van der Waals surface area contributed by atoms with Crippen LogP contribution in [0.1, 0.15) is 72.1 Å². The molecule has 3 saturated carbocycles. The minimum Gasteiger partial charge on any atom is -0.469 e. The number of Topliss-reactive ketones (excluding diaryl/α,β-unsaturated/α-hetero) is 2. The molecule has 6 nitrogen and oxygen atoms in total. The first-order chi connectivity index (χ1) is 13.1. The van der Waals surface area contributed by atoms with E-state index in [-0.39, 0.29) is 59.8 Å². The van der Waals surface area contributed by atoms with Crippen LogP contribution < -0.4 is 0 Å². The number of carbonyl (C=O) groups excluding carboxylic acids is 4. The molecule has 0 aromatic rings. The Morgan fingerprint density at radius 2 is 1.61 bits per heavy atom. The summed E-state index contributed by atoms with van der Waals surface area (Å²) < 4.78 is 10.2.